The summed E-state index contributed by atoms with van der Waals surface area (Å²) in [5, 5.41) is 0. The molecular weight excluding hydrogens is 294 g/mol. The summed E-state index contributed by atoms with van der Waals surface area (Å²) in [6.07, 6.45) is 4.06. The van der Waals surface area contributed by atoms with E-state index >= 15 is 0 Å². The van der Waals surface area contributed by atoms with Gasteiger partial charge in [-0.1, -0.05) is 0 Å². The zero-order valence-corrected chi connectivity index (χ0v) is 12.9. The summed E-state index contributed by atoms with van der Waals surface area (Å²) in [5.41, 5.74) is 1.15. The van der Waals surface area contributed by atoms with Crippen LogP contribution in [0.1, 0.15) is 24.8 Å². The Balaban J connectivity index is 1.73. The van der Waals surface area contributed by atoms with E-state index in [-0.39, 0.29) is 6.10 Å². The highest BCUT2D eigenvalue weighted by molar-refractivity contribution is 7.99. The minimum absolute atomic E-state index is 0.0259. The van der Waals surface area contributed by atoms with E-state index in [1.54, 1.807) is 17.8 Å². The first kappa shape index (κ1) is 14.4. The molecule has 0 saturated carbocycles. The van der Waals surface area contributed by atoms with Crippen LogP contribution in [-0.4, -0.2) is 33.4 Å². The Labute approximate surface area is 124 Å². The van der Waals surface area contributed by atoms with Crippen LogP contribution in [0, 0.1) is 0 Å². The molecular formula is C14H19NO3S2. The fraction of sp³-hybridized carbons (Fsp3) is 0.571. The molecule has 0 amide bonds. The quantitative estimate of drug-likeness (QED) is 0.926. The summed E-state index contributed by atoms with van der Waals surface area (Å²) < 4.78 is 32.7. The lowest BCUT2D eigenvalue weighted by molar-refractivity contribution is 0.114. The van der Waals surface area contributed by atoms with Gasteiger partial charge in [0.25, 0.3) is 0 Å². The van der Waals surface area contributed by atoms with Gasteiger partial charge in [-0.05, 0) is 55.2 Å². The van der Waals surface area contributed by atoms with Crippen molar-refractivity contribution in [2.24, 2.45) is 0 Å². The monoisotopic (exact) mass is 313 g/mol. The van der Waals surface area contributed by atoms with E-state index in [9.17, 15) is 8.42 Å². The van der Waals surface area contributed by atoms with Crippen molar-refractivity contribution in [3.8, 4) is 0 Å². The molecule has 0 bridgehead atoms. The second-order valence-corrected chi connectivity index (χ2v) is 8.11. The van der Waals surface area contributed by atoms with Gasteiger partial charge in [0.1, 0.15) is 0 Å². The maximum Gasteiger partial charge on any atom is 0.240 e. The van der Waals surface area contributed by atoms with Crippen LogP contribution in [0.5, 0.6) is 0 Å². The van der Waals surface area contributed by atoms with Crippen LogP contribution in [0.3, 0.4) is 0 Å². The minimum Gasteiger partial charge on any atom is -0.377 e. The molecule has 0 aliphatic carbocycles. The second-order valence-electron chi connectivity index (χ2n) is 5.21. The summed E-state index contributed by atoms with van der Waals surface area (Å²) in [7, 11) is -3.42. The molecule has 0 radical (unpaired) electrons. The number of thioether (sulfide) groups is 1. The average Bonchev–Trinajstić information content (AvgIpc) is 2.98. The Morgan fingerprint density at radius 2 is 2.25 bits per heavy atom. The first-order valence-electron chi connectivity index (χ1n) is 7.02. The predicted octanol–water partition coefficient (Wildman–Crippen LogP) is 2.18. The molecule has 20 heavy (non-hydrogen) atoms. The van der Waals surface area contributed by atoms with Crippen molar-refractivity contribution in [1.29, 1.82) is 0 Å². The Kier molecular flexibility index (Phi) is 4.35. The molecule has 2 aliphatic heterocycles. The molecule has 1 saturated heterocycles. The summed E-state index contributed by atoms with van der Waals surface area (Å²) in [6, 6.07) is 5.45. The van der Waals surface area contributed by atoms with E-state index in [1.807, 2.05) is 12.1 Å². The van der Waals surface area contributed by atoms with Gasteiger partial charge in [0.05, 0.1) is 11.0 Å². The van der Waals surface area contributed by atoms with Crippen LogP contribution in [-0.2, 0) is 21.2 Å². The third kappa shape index (κ3) is 3.19. The highest BCUT2D eigenvalue weighted by Gasteiger charge is 2.21. The largest absolute Gasteiger partial charge is 0.377 e. The molecule has 4 nitrogen and oxygen atoms in total. The molecule has 1 unspecified atom stereocenters. The van der Waals surface area contributed by atoms with Crippen LogP contribution in [0.4, 0.5) is 0 Å². The summed E-state index contributed by atoms with van der Waals surface area (Å²) in [6.45, 7) is 1.11. The lowest BCUT2D eigenvalue weighted by Gasteiger charge is -2.17. The molecule has 2 heterocycles. The SMILES string of the molecule is O=S(=O)(NCC1CCCO1)c1ccc2c(c1)CCCS2. The standard InChI is InChI=1S/C14H19NO3S2/c16-20(17,15-10-12-4-1-7-18-12)13-5-6-14-11(9-13)3-2-8-19-14/h5-6,9,12,15H,1-4,7-8,10H2. The molecule has 1 atom stereocenters. The number of nitrogens with one attached hydrogen (secondary N) is 1. The lowest BCUT2D eigenvalue weighted by atomic mass is 10.1. The van der Waals surface area contributed by atoms with Crippen molar-refractivity contribution in [3.63, 3.8) is 0 Å². The Hall–Kier alpha value is -0.560. The maximum absolute atomic E-state index is 12.3. The number of hydrogen-bond donors (Lipinski definition) is 1. The van der Waals surface area contributed by atoms with E-state index in [1.165, 1.54) is 4.90 Å². The predicted molar refractivity (Wildman–Crippen MR) is 79.6 cm³/mol. The van der Waals surface area contributed by atoms with E-state index in [2.05, 4.69) is 4.72 Å². The van der Waals surface area contributed by atoms with Crippen LogP contribution in [0.2, 0.25) is 0 Å². The molecule has 1 fully saturated rings. The van der Waals surface area contributed by atoms with E-state index in [0.717, 1.165) is 43.6 Å². The smallest absolute Gasteiger partial charge is 0.240 e. The summed E-state index contributed by atoms with van der Waals surface area (Å²) in [5.74, 6) is 1.12. The first-order valence-corrected chi connectivity index (χ1v) is 9.49. The first-order chi connectivity index (χ1) is 9.65. The van der Waals surface area contributed by atoms with Crippen molar-refractivity contribution < 1.29 is 13.2 Å². The highest BCUT2D eigenvalue weighted by atomic mass is 32.2. The number of hydrogen-bond acceptors (Lipinski definition) is 4. The molecule has 1 N–H and O–H groups in total. The van der Waals surface area contributed by atoms with Crippen LogP contribution >= 0.6 is 11.8 Å². The molecule has 0 spiro atoms. The van der Waals surface area contributed by atoms with Gasteiger partial charge in [-0.2, -0.15) is 0 Å². The van der Waals surface area contributed by atoms with E-state index in [0.29, 0.717) is 11.4 Å². The molecule has 110 valence electrons. The van der Waals surface area contributed by atoms with Crippen molar-refractivity contribution in [3.05, 3.63) is 23.8 Å². The average molecular weight is 313 g/mol. The second kappa shape index (κ2) is 6.05. The van der Waals surface area contributed by atoms with Gasteiger partial charge in [-0.25, -0.2) is 13.1 Å². The molecule has 1 aromatic carbocycles. The zero-order valence-electron chi connectivity index (χ0n) is 11.3. The molecule has 6 heteroatoms. The van der Waals surface area contributed by atoms with Crippen molar-refractivity contribution in [1.82, 2.24) is 4.72 Å². The fourth-order valence-corrected chi connectivity index (χ4v) is 4.73. The Morgan fingerprint density at radius 1 is 1.35 bits per heavy atom. The third-order valence-electron chi connectivity index (χ3n) is 3.72. The third-order valence-corrected chi connectivity index (χ3v) is 6.34. The number of fused-ring (bicyclic) bond motifs is 1. The normalized spacial score (nSPS) is 22.7. The van der Waals surface area contributed by atoms with Gasteiger partial charge < -0.3 is 4.74 Å². The van der Waals surface area contributed by atoms with E-state index < -0.39 is 10.0 Å². The number of ether oxygens (including phenoxy) is 1. The van der Waals surface area contributed by atoms with Gasteiger partial charge in [-0.3, -0.25) is 0 Å². The number of rotatable bonds is 4. The molecule has 3 rings (SSSR count). The van der Waals surface area contributed by atoms with Gasteiger partial charge in [-0.15, -0.1) is 11.8 Å². The van der Waals surface area contributed by atoms with E-state index in [4.69, 9.17) is 4.74 Å². The van der Waals surface area contributed by atoms with Gasteiger partial charge in [0, 0.05) is 18.0 Å². The molecule has 0 aromatic heterocycles. The van der Waals surface area contributed by atoms with Gasteiger partial charge >= 0.3 is 0 Å². The van der Waals surface area contributed by atoms with Crippen molar-refractivity contribution in [2.45, 2.75) is 41.6 Å². The topological polar surface area (TPSA) is 55.4 Å². The summed E-state index contributed by atoms with van der Waals surface area (Å²) in [4.78, 5) is 1.59. The molecule has 2 aliphatic rings. The van der Waals surface area contributed by atoms with Crippen molar-refractivity contribution >= 4 is 21.8 Å². The van der Waals surface area contributed by atoms with Gasteiger partial charge in [0.2, 0.25) is 10.0 Å². The number of benzene rings is 1. The van der Waals surface area contributed by atoms with Crippen LogP contribution in [0.15, 0.2) is 28.0 Å². The Morgan fingerprint density at radius 3 is 3.05 bits per heavy atom. The lowest BCUT2D eigenvalue weighted by Crippen LogP contribution is -2.31. The highest BCUT2D eigenvalue weighted by Crippen LogP contribution is 2.31. The maximum atomic E-state index is 12.3. The van der Waals surface area contributed by atoms with Gasteiger partial charge in [0.15, 0.2) is 0 Å². The Bertz CT molecular complexity index is 580. The zero-order chi connectivity index (χ0) is 14.0. The summed E-state index contributed by atoms with van der Waals surface area (Å²) >= 11 is 1.81. The number of sulfonamides is 1. The van der Waals surface area contributed by atoms with Crippen LogP contribution < -0.4 is 4.72 Å². The van der Waals surface area contributed by atoms with Crippen LogP contribution in [0.25, 0.3) is 0 Å². The minimum atomic E-state index is -3.42. The number of aryl methyl sites for hydroxylation is 1. The fourth-order valence-electron chi connectivity index (χ4n) is 2.60. The molecule has 1 aromatic rings. The van der Waals surface area contributed by atoms with Crippen molar-refractivity contribution in [2.75, 3.05) is 18.9 Å².